The Morgan fingerprint density at radius 3 is 1.58 bits per heavy atom. The predicted octanol–water partition coefficient (Wildman–Crippen LogP) is 4.96. The van der Waals surface area contributed by atoms with Crippen LogP contribution in [0.4, 0.5) is 4.79 Å². The first-order valence-electron chi connectivity index (χ1n) is 25.0. The van der Waals surface area contributed by atoms with E-state index in [9.17, 15) is 33.6 Å². The van der Waals surface area contributed by atoms with Crippen molar-refractivity contribution in [1.29, 1.82) is 0 Å². The van der Waals surface area contributed by atoms with Gasteiger partial charge in [-0.25, -0.2) is 4.79 Å². The summed E-state index contributed by atoms with van der Waals surface area (Å²) in [4.78, 5) is 106. The molecule has 73 heavy (non-hydrogen) atoms. The van der Waals surface area contributed by atoms with Crippen molar-refractivity contribution in [2.24, 2.45) is 0 Å². The topological polar surface area (TPSA) is 220 Å². The van der Waals surface area contributed by atoms with Crippen LogP contribution in [0.1, 0.15) is 59.9 Å². The maximum absolute atomic E-state index is 14.9. The van der Waals surface area contributed by atoms with E-state index >= 15 is 0 Å². The van der Waals surface area contributed by atoms with Crippen LogP contribution in [0.3, 0.4) is 0 Å². The number of ether oxygens (including phenoxy) is 1. The highest BCUT2D eigenvalue weighted by Crippen LogP contribution is 2.23. The van der Waals surface area contributed by atoms with Gasteiger partial charge in [0.05, 0.1) is 0 Å². The number of hydrogen-bond donors (Lipinski definition) is 7. The third-order valence-electron chi connectivity index (χ3n) is 13.3. The molecule has 3 heterocycles. The molecule has 16 heteroatoms. The molecule has 6 aromatic rings. The first-order chi connectivity index (χ1) is 35.6. The van der Waals surface area contributed by atoms with E-state index in [1.807, 2.05) is 146 Å². The van der Waals surface area contributed by atoms with Crippen LogP contribution in [0.5, 0.6) is 0 Å². The van der Waals surface area contributed by atoms with Crippen molar-refractivity contribution in [3.8, 4) is 0 Å². The van der Waals surface area contributed by atoms with Gasteiger partial charge < -0.3 is 46.5 Å². The summed E-state index contributed by atoms with van der Waals surface area (Å²) in [5.41, 5.74) is 4.60. The number of nitrogens with one attached hydrogen (secondary N) is 7. The Kier molecular flexibility index (Phi) is 17.6. The van der Waals surface area contributed by atoms with E-state index in [0.717, 1.165) is 38.7 Å². The summed E-state index contributed by atoms with van der Waals surface area (Å²) in [6.45, 7) is 0.528. The van der Waals surface area contributed by atoms with Gasteiger partial charge in [0.1, 0.15) is 42.9 Å². The second-order valence-electron chi connectivity index (χ2n) is 18.6. The smallest absolute Gasteiger partial charge is 0.407 e. The average Bonchev–Trinajstić information content (AvgIpc) is 4.08. The summed E-state index contributed by atoms with van der Waals surface area (Å²) in [6.07, 6.45) is 2.98. The van der Waals surface area contributed by atoms with E-state index in [1.54, 1.807) is 6.20 Å². The van der Waals surface area contributed by atoms with Crippen molar-refractivity contribution in [2.75, 3.05) is 13.1 Å². The van der Waals surface area contributed by atoms with Gasteiger partial charge in [-0.2, -0.15) is 0 Å². The van der Waals surface area contributed by atoms with Gasteiger partial charge in [-0.3, -0.25) is 28.8 Å². The summed E-state index contributed by atoms with van der Waals surface area (Å²) in [7, 11) is 0. The SMILES string of the molecule is O=C(NCCCC[C@@H]1NC(=O)[C@H](Cc2ccccc2)NC(=O)[C@H](Cc2ccccc2)NC(=O)[C@H]2CCCN2C(=O)[C@H](Cc2ccccc2)NC(=O)[C@H](Cc2c[nH]c3ccccc23)NC1=O)OCc1ccccc1. The summed E-state index contributed by atoms with van der Waals surface area (Å²) < 4.78 is 5.37. The minimum Gasteiger partial charge on any atom is -0.445 e. The van der Waals surface area contributed by atoms with Gasteiger partial charge in [-0.05, 0) is 66.0 Å². The fraction of sp³-hybridized carbons (Fsp3) is 0.316. The number of aromatic nitrogens is 1. The Bertz CT molecular complexity index is 2830. The zero-order valence-electron chi connectivity index (χ0n) is 40.6. The molecule has 0 bridgehead atoms. The summed E-state index contributed by atoms with van der Waals surface area (Å²) in [5, 5.41) is 18.3. The largest absolute Gasteiger partial charge is 0.445 e. The van der Waals surface area contributed by atoms with Gasteiger partial charge in [0.2, 0.25) is 35.4 Å². The van der Waals surface area contributed by atoms with Crippen molar-refractivity contribution in [2.45, 2.75) is 101 Å². The number of nitrogens with zero attached hydrogens (tertiary/aromatic N) is 1. The van der Waals surface area contributed by atoms with Gasteiger partial charge in [0.15, 0.2) is 0 Å². The fourth-order valence-electron chi connectivity index (χ4n) is 9.46. The molecule has 2 saturated heterocycles. The highest BCUT2D eigenvalue weighted by atomic mass is 16.5. The number of amides is 7. The summed E-state index contributed by atoms with van der Waals surface area (Å²) in [5.74, 6) is -3.64. The lowest BCUT2D eigenvalue weighted by Crippen LogP contribution is -2.62. The number of carbonyl (C=O) groups is 7. The highest BCUT2D eigenvalue weighted by Gasteiger charge is 2.41. The predicted molar refractivity (Wildman–Crippen MR) is 275 cm³/mol. The molecule has 7 amide bonds. The van der Waals surface area contributed by atoms with Crippen LogP contribution in [-0.2, 0) is 65.8 Å². The number of aromatic amines is 1. The minimum atomic E-state index is -1.26. The monoisotopic (exact) mass is 986 g/mol. The first kappa shape index (κ1) is 51.1. The lowest BCUT2D eigenvalue weighted by Gasteiger charge is -2.32. The van der Waals surface area contributed by atoms with Gasteiger partial charge in [-0.1, -0.05) is 140 Å². The second-order valence-corrected chi connectivity index (χ2v) is 18.6. The molecule has 0 radical (unpaired) electrons. The van der Waals surface area contributed by atoms with E-state index in [4.69, 9.17) is 4.74 Å². The molecule has 2 aliphatic heterocycles. The quantitative estimate of drug-likeness (QED) is 0.0696. The number of para-hydroxylation sites is 1. The van der Waals surface area contributed by atoms with Crippen molar-refractivity contribution < 1.29 is 38.3 Å². The Hall–Kier alpha value is -8.27. The molecule has 8 rings (SSSR count). The molecule has 1 aromatic heterocycles. The fourth-order valence-corrected chi connectivity index (χ4v) is 9.46. The number of benzene rings is 5. The van der Waals surface area contributed by atoms with E-state index < -0.39 is 77.8 Å². The molecule has 378 valence electrons. The van der Waals surface area contributed by atoms with Crippen LogP contribution < -0.4 is 31.9 Å². The van der Waals surface area contributed by atoms with Crippen molar-refractivity contribution >= 4 is 52.4 Å². The Morgan fingerprint density at radius 1 is 0.521 bits per heavy atom. The maximum atomic E-state index is 14.9. The third kappa shape index (κ3) is 14.2. The maximum Gasteiger partial charge on any atom is 0.407 e. The highest BCUT2D eigenvalue weighted by molar-refractivity contribution is 5.99. The minimum absolute atomic E-state index is 0.00769. The second kappa shape index (κ2) is 25.2. The molecule has 16 nitrogen and oxygen atoms in total. The van der Waals surface area contributed by atoms with E-state index in [2.05, 4.69) is 36.9 Å². The molecular formula is C57H62N8O8. The number of alkyl carbamates (subject to hydrolysis) is 1. The number of carbonyl (C=O) groups excluding carboxylic acids is 7. The lowest BCUT2D eigenvalue weighted by molar-refractivity contribution is -0.142. The van der Waals surface area contributed by atoms with Gasteiger partial charge in [0.25, 0.3) is 0 Å². The van der Waals surface area contributed by atoms with Crippen LogP contribution in [0.25, 0.3) is 10.9 Å². The number of H-pyrrole nitrogens is 1. The zero-order valence-corrected chi connectivity index (χ0v) is 40.6. The van der Waals surface area contributed by atoms with Crippen LogP contribution in [-0.4, -0.2) is 101 Å². The first-order valence-corrected chi connectivity index (χ1v) is 25.0. The van der Waals surface area contributed by atoms with Crippen LogP contribution in [0, 0.1) is 0 Å². The number of unbranched alkanes of at least 4 members (excludes halogenated alkanes) is 1. The Balaban J connectivity index is 1.12. The summed E-state index contributed by atoms with van der Waals surface area (Å²) in [6, 6.07) is 37.3. The van der Waals surface area contributed by atoms with Gasteiger partial charge in [0, 0.05) is 55.9 Å². The van der Waals surface area contributed by atoms with E-state index in [-0.39, 0.29) is 51.8 Å². The average molecular weight is 987 g/mol. The standard InChI is InChI=1S/C57H62N8O8/c66-51-45(28-15-16-30-58-57(72)73-37-41-24-11-4-12-25-41)60-52(67)46(32-38-18-5-1-6-19-38)61-53(68)47(33-39-20-7-2-8-21-39)63-55(70)50-29-17-31-65(50)56(71)49(34-40-22-9-3-10-23-40)64-54(69)48(62-51)35-42-36-59-44-27-14-13-26-43(42)44/h1-14,18-27,36,45-50,59H,15-17,28-35,37H2,(H,58,72)(H,60,67)(H,61,68)(H,62,66)(H,63,70)(H,64,69)/t45-,46-,47-,48-,49-,50+/m0/s1. The molecule has 0 unspecified atom stereocenters. The molecule has 0 aliphatic carbocycles. The van der Waals surface area contributed by atoms with Crippen molar-refractivity contribution in [1.82, 2.24) is 41.8 Å². The van der Waals surface area contributed by atoms with Crippen LogP contribution in [0.2, 0.25) is 0 Å². The third-order valence-corrected chi connectivity index (χ3v) is 13.3. The number of fused-ring (bicyclic) bond motifs is 2. The normalized spacial score (nSPS) is 21.1. The molecule has 2 fully saturated rings. The van der Waals surface area contributed by atoms with Gasteiger partial charge in [-0.15, -0.1) is 0 Å². The van der Waals surface area contributed by atoms with Crippen LogP contribution >= 0.6 is 0 Å². The molecule has 2 aliphatic rings. The van der Waals surface area contributed by atoms with E-state index in [1.165, 1.54) is 4.90 Å². The van der Waals surface area contributed by atoms with Crippen LogP contribution in [0.15, 0.2) is 152 Å². The van der Waals surface area contributed by atoms with Crippen molar-refractivity contribution in [3.05, 3.63) is 180 Å². The zero-order chi connectivity index (χ0) is 50.9. The molecule has 0 saturated carbocycles. The van der Waals surface area contributed by atoms with Gasteiger partial charge >= 0.3 is 6.09 Å². The number of rotatable bonds is 15. The Morgan fingerprint density at radius 2 is 0.986 bits per heavy atom. The molecule has 0 spiro atoms. The lowest BCUT2D eigenvalue weighted by atomic mass is 9.99. The Labute approximate surface area is 424 Å². The molecule has 7 N–H and O–H groups in total. The number of hydrogen-bond acceptors (Lipinski definition) is 8. The van der Waals surface area contributed by atoms with Crippen molar-refractivity contribution in [3.63, 3.8) is 0 Å². The van der Waals surface area contributed by atoms with E-state index in [0.29, 0.717) is 25.7 Å². The molecular weight excluding hydrogens is 925 g/mol. The molecule has 6 atom stereocenters. The molecule has 5 aromatic carbocycles. The summed E-state index contributed by atoms with van der Waals surface area (Å²) >= 11 is 0.